The van der Waals surface area contributed by atoms with Gasteiger partial charge in [0, 0.05) is 0 Å². The van der Waals surface area contributed by atoms with Gasteiger partial charge in [0.15, 0.2) is 0 Å². The number of hydrogen-bond acceptors (Lipinski definition) is 1. The third kappa shape index (κ3) is 29.5. The number of allylic oxidation sites excluding steroid dienone is 3. The molecule has 2 nitrogen and oxygen atoms in total. The SMILES string of the molecule is CCCCCCCC/C=C\CCCCCCC(C=CCCCCCCCCCCCCCCCC)C(=O)O. The molecule has 224 valence electrons. The van der Waals surface area contributed by atoms with Gasteiger partial charge in [0.2, 0.25) is 0 Å². The van der Waals surface area contributed by atoms with E-state index in [9.17, 15) is 9.90 Å². The van der Waals surface area contributed by atoms with Gasteiger partial charge >= 0.3 is 5.97 Å². The molecule has 0 amide bonds. The van der Waals surface area contributed by atoms with Crippen LogP contribution in [-0.4, -0.2) is 11.1 Å². The van der Waals surface area contributed by atoms with Gasteiger partial charge in [-0.05, 0) is 44.9 Å². The lowest BCUT2D eigenvalue weighted by atomic mass is 9.99. The van der Waals surface area contributed by atoms with Crippen LogP contribution in [-0.2, 0) is 4.79 Å². The molecule has 0 aliphatic heterocycles. The van der Waals surface area contributed by atoms with Crippen LogP contribution in [0.5, 0.6) is 0 Å². The Balaban J connectivity index is 3.52. The molecule has 0 fully saturated rings. The molecule has 0 aliphatic carbocycles. The van der Waals surface area contributed by atoms with Gasteiger partial charge in [-0.3, -0.25) is 4.79 Å². The second kappa shape index (κ2) is 32.2. The smallest absolute Gasteiger partial charge is 0.310 e. The van der Waals surface area contributed by atoms with Gasteiger partial charge in [0.25, 0.3) is 0 Å². The van der Waals surface area contributed by atoms with E-state index in [1.807, 2.05) is 6.08 Å². The predicted molar refractivity (Wildman–Crippen MR) is 170 cm³/mol. The molecule has 0 heterocycles. The highest BCUT2D eigenvalue weighted by Crippen LogP contribution is 2.16. The molecule has 0 bridgehead atoms. The standard InChI is InChI=1S/C36H68O2/c1-3-5-7-9-11-13-15-17-19-20-22-24-26-28-30-32-34-35(36(37)38)33-31-29-27-25-23-21-18-16-14-12-10-8-6-4-2/h18,21,32,34-35H,3-17,19-20,22-31,33H2,1-2H3,(H,37,38)/b21-18-,34-32?. The maximum absolute atomic E-state index is 11.6. The highest BCUT2D eigenvalue weighted by Gasteiger charge is 2.12. The van der Waals surface area contributed by atoms with E-state index in [-0.39, 0.29) is 5.92 Å². The minimum absolute atomic E-state index is 0.293. The van der Waals surface area contributed by atoms with Crippen molar-refractivity contribution in [3.63, 3.8) is 0 Å². The topological polar surface area (TPSA) is 37.3 Å². The first kappa shape index (κ1) is 37.0. The van der Waals surface area contributed by atoms with Crippen LogP contribution in [0.25, 0.3) is 0 Å². The Morgan fingerprint density at radius 3 is 1.16 bits per heavy atom. The Kier molecular flexibility index (Phi) is 31.3. The van der Waals surface area contributed by atoms with E-state index in [1.54, 1.807) is 0 Å². The minimum Gasteiger partial charge on any atom is -0.481 e. The van der Waals surface area contributed by atoms with Crippen LogP contribution in [0.1, 0.15) is 194 Å². The molecule has 0 aliphatic rings. The van der Waals surface area contributed by atoms with Crippen LogP contribution in [0.15, 0.2) is 24.3 Å². The molecule has 1 N–H and O–H groups in total. The van der Waals surface area contributed by atoms with Crippen molar-refractivity contribution in [1.29, 1.82) is 0 Å². The van der Waals surface area contributed by atoms with Gasteiger partial charge in [0.05, 0.1) is 5.92 Å². The summed E-state index contributed by atoms with van der Waals surface area (Å²) in [4.78, 5) is 11.6. The second-order valence-corrected chi connectivity index (χ2v) is 11.8. The molecule has 0 saturated carbocycles. The highest BCUT2D eigenvalue weighted by atomic mass is 16.4. The molecule has 38 heavy (non-hydrogen) atoms. The van der Waals surface area contributed by atoms with Gasteiger partial charge in [-0.2, -0.15) is 0 Å². The first-order chi connectivity index (χ1) is 18.7. The van der Waals surface area contributed by atoms with Crippen molar-refractivity contribution >= 4 is 5.97 Å². The van der Waals surface area contributed by atoms with Gasteiger partial charge in [-0.25, -0.2) is 0 Å². The van der Waals surface area contributed by atoms with E-state index >= 15 is 0 Å². The summed E-state index contributed by atoms with van der Waals surface area (Å²) in [6.07, 6.45) is 45.3. The monoisotopic (exact) mass is 533 g/mol. The Labute approximate surface area is 239 Å². The summed E-state index contributed by atoms with van der Waals surface area (Å²) >= 11 is 0. The van der Waals surface area contributed by atoms with E-state index in [0.717, 1.165) is 25.7 Å². The maximum Gasteiger partial charge on any atom is 0.310 e. The highest BCUT2D eigenvalue weighted by molar-refractivity contribution is 5.72. The zero-order valence-electron chi connectivity index (χ0n) is 26.0. The van der Waals surface area contributed by atoms with Crippen LogP contribution in [0.4, 0.5) is 0 Å². The first-order valence-corrected chi connectivity index (χ1v) is 17.3. The molecule has 0 spiro atoms. The van der Waals surface area contributed by atoms with Crippen molar-refractivity contribution in [3.05, 3.63) is 24.3 Å². The maximum atomic E-state index is 11.6. The zero-order chi connectivity index (χ0) is 27.8. The number of carbonyl (C=O) groups is 1. The molecule has 2 heteroatoms. The zero-order valence-corrected chi connectivity index (χ0v) is 26.0. The normalized spacial score (nSPS) is 12.7. The van der Waals surface area contributed by atoms with Crippen molar-refractivity contribution in [2.24, 2.45) is 5.92 Å². The van der Waals surface area contributed by atoms with Gasteiger partial charge in [0.1, 0.15) is 0 Å². The number of carboxylic acid groups (broad SMARTS) is 1. The average molecular weight is 533 g/mol. The Morgan fingerprint density at radius 1 is 0.474 bits per heavy atom. The number of rotatable bonds is 31. The van der Waals surface area contributed by atoms with Crippen molar-refractivity contribution in [2.75, 3.05) is 0 Å². The lowest BCUT2D eigenvalue weighted by Crippen LogP contribution is -2.10. The molecule has 0 rings (SSSR count). The summed E-state index contributed by atoms with van der Waals surface area (Å²) in [5, 5.41) is 9.54. The molecule has 0 aromatic rings. The Hall–Kier alpha value is -1.05. The second-order valence-electron chi connectivity index (χ2n) is 11.8. The van der Waals surface area contributed by atoms with Crippen LogP contribution >= 0.6 is 0 Å². The number of aliphatic carboxylic acids is 1. The summed E-state index contributed by atoms with van der Waals surface area (Å²) in [5.74, 6) is -0.946. The van der Waals surface area contributed by atoms with E-state index in [1.165, 1.54) is 154 Å². The van der Waals surface area contributed by atoms with Crippen molar-refractivity contribution < 1.29 is 9.90 Å². The fraction of sp³-hybridized carbons (Fsp3) is 0.861. The third-order valence-corrected chi connectivity index (χ3v) is 7.94. The Morgan fingerprint density at radius 2 is 0.789 bits per heavy atom. The molecule has 0 saturated heterocycles. The molecule has 1 unspecified atom stereocenters. The lowest BCUT2D eigenvalue weighted by Gasteiger charge is -2.07. The van der Waals surface area contributed by atoms with E-state index in [4.69, 9.17) is 0 Å². The fourth-order valence-electron chi connectivity index (χ4n) is 5.28. The van der Waals surface area contributed by atoms with Crippen LogP contribution in [0.2, 0.25) is 0 Å². The van der Waals surface area contributed by atoms with E-state index in [2.05, 4.69) is 32.1 Å². The van der Waals surface area contributed by atoms with E-state index < -0.39 is 5.97 Å². The van der Waals surface area contributed by atoms with Gasteiger partial charge in [-0.15, -0.1) is 0 Å². The minimum atomic E-state index is -0.653. The summed E-state index contributed by atoms with van der Waals surface area (Å²) < 4.78 is 0. The fourth-order valence-corrected chi connectivity index (χ4v) is 5.28. The summed E-state index contributed by atoms with van der Waals surface area (Å²) in [6, 6.07) is 0. The Bertz CT molecular complexity index is 521. The molecule has 0 aromatic heterocycles. The molecular weight excluding hydrogens is 464 g/mol. The summed E-state index contributed by atoms with van der Waals surface area (Å²) in [6.45, 7) is 4.55. The quantitative estimate of drug-likeness (QED) is 0.0712. The molecule has 0 aromatic carbocycles. The van der Waals surface area contributed by atoms with Crippen LogP contribution in [0, 0.1) is 5.92 Å². The summed E-state index contributed by atoms with van der Waals surface area (Å²) in [7, 11) is 0. The first-order valence-electron chi connectivity index (χ1n) is 17.3. The van der Waals surface area contributed by atoms with Crippen LogP contribution in [0.3, 0.4) is 0 Å². The predicted octanol–water partition coefficient (Wildman–Crippen LogP) is 12.8. The average Bonchev–Trinajstić information content (AvgIpc) is 2.91. The third-order valence-electron chi connectivity index (χ3n) is 7.94. The number of unbranched alkanes of at least 4 members (excludes halogenated alkanes) is 24. The lowest BCUT2D eigenvalue weighted by molar-refractivity contribution is -0.140. The van der Waals surface area contributed by atoms with Crippen molar-refractivity contribution in [2.45, 2.75) is 194 Å². The largest absolute Gasteiger partial charge is 0.481 e. The molecule has 0 radical (unpaired) electrons. The number of carboxylic acids is 1. The summed E-state index contributed by atoms with van der Waals surface area (Å²) in [5.41, 5.74) is 0. The van der Waals surface area contributed by atoms with E-state index in [0.29, 0.717) is 0 Å². The van der Waals surface area contributed by atoms with Crippen molar-refractivity contribution in [3.8, 4) is 0 Å². The molecule has 1 atom stereocenters. The number of hydrogen-bond donors (Lipinski definition) is 1. The molecular formula is C36H68O2. The van der Waals surface area contributed by atoms with Crippen molar-refractivity contribution in [1.82, 2.24) is 0 Å². The van der Waals surface area contributed by atoms with Crippen LogP contribution < -0.4 is 0 Å². The van der Waals surface area contributed by atoms with Gasteiger partial charge in [-0.1, -0.05) is 173 Å². The van der Waals surface area contributed by atoms with Gasteiger partial charge < -0.3 is 5.11 Å².